The molecule has 4 aromatic carbocycles. The van der Waals surface area contributed by atoms with Crippen molar-refractivity contribution in [2.45, 2.75) is 95.3 Å². The van der Waals surface area contributed by atoms with Gasteiger partial charge in [-0.15, -0.1) is 0 Å². The Kier molecular flexibility index (Phi) is 12.4. The van der Waals surface area contributed by atoms with E-state index in [2.05, 4.69) is 48.5 Å². The molecule has 0 spiro atoms. The van der Waals surface area contributed by atoms with Gasteiger partial charge in [0.1, 0.15) is 24.4 Å². The van der Waals surface area contributed by atoms with Crippen LogP contribution in [0.2, 0.25) is 0 Å². The van der Waals surface area contributed by atoms with Crippen LogP contribution in [-0.2, 0) is 54.8 Å². The third-order valence-corrected chi connectivity index (χ3v) is 8.72. The molecule has 6 heteroatoms. The molecule has 1 heterocycles. The summed E-state index contributed by atoms with van der Waals surface area (Å²) in [6, 6.07) is 40.9. The lowest BCUT2D eigenvalue weighted by atomic mass is 9.96. The summed E-state index contributed by atoms with van der Waals surface area (Å²) >= 11 is 0. The molecule has 0 bridgehead atoms. The van der Waals surface area contributed by atoms with Crippen molar-refractivity contribution in [1.82, 2.24) is 0 Å². The van der Waals surface area contributed by atoms with E-state index in [1.807, 2.05) is 72.8 Å². The maximum atomic E-state index is 6.83. The Morgan fingerprint density at radius 2 is 0.913 bits per heavy atom. The minimum absolute atomic E-state index is 0.115. The average molecular weight is 623 g/mol. The fourth-order valence-corrected chi connectivity index (χ4v) is 6.25. The van der Waals surface area contributed by atoms with Gasteiger partial charge in [-0.05, 0) is 35.1 Å². The molecule has 242 valence electrons. The van der Waals surface area contributed by atoms with Crippen molar-refractivity contribution >= 4 is 0 Å². The van der Waals surface area contributed by atoms with Crippen LogP contribution in [0.5, 0.6) is 0 Å². The summed E-state index contributed by atoms with van der Waals surface area (Å²) in [5, 5.41) is 0. The molecule has 2 fully saturated rings. The van der Waals surface area contributed by atoms with Crippen molar-refractivity contribution in [3.8, 4) is 0 Å². The minimum Gasteiger partial charge on any atom is -0.374 e. The van der Waals surface area contributed by atoms with Crippen LogP contribution in [0.3, 0.4) is 0 Å². The van der Waals surface area contributed by atoms with Crippen LogP contribution in [-0.4, -0.2) is 43.4 Å². The fourth-order valence-electron chi connectivity index (χ4n) is 6.25. The zero-order valence-electron chi connectivity index (χ0n) is 26.5. The Balaban J connectivity index is 1.29. The van der Waals surface area contributed by atoms with Crippen LogP contribution in [0.4, 0.5) is 0 Å². The van der Waals surface area contributed by atoms with Crippen LogP contribution >= 0.6 is 0 Å². The van der Waals surface area contributed by atoms with Gasteiger partial charge in [0.05, 0.1) is 39.1 Å². The van der Waals surface area contributed by atoms with Crippen LogP contribution in [0.1, 0.15) is 54.4 Å². The van der Waals surface area contributed by atoms with E-state index in [4.69, 9.17) is 28.4 Å². The predicted octanol–water partition coefficient (Wildman–Crippen LogP) is 8.03. The lowest BCUT2D eigenvalue weighted by Crippen LogP contribution is -2.62. The van der Waals surface area contributed by atoms with E-state index < -0.39 is 30.7 Å². The molecule has 1 aliphatic carbocycles. The van der Waals surface area contributed by atoms with E-state index in [9.17, 15) is 0 Å². The lowest BCUT2D eigenvalue weighted by Gasteiger charge is -2.47. The highest BCUT2D eigenvalue weighted by Crippen LogP contribution is 2.34. The normalized spacial score (nSPS) is 23.7. The van der Waals surface area contributed by atoms with E-state index >= 15 is 0 Å². The van der Waals surface area contributed by atoms with Crippen molar-refractivity contribution in [2.75, 3.05) is 6.61 Å². The van der Waals surface area contributed by atoms with Gasteiger partial charge in [0.15, 0.2) is 6.29 Å². The number of ether oxygens (including phenoxy) is 6. The maximum Gasteiger partial charge on any atom is 0.187 e. The molecule has 1 saturated carbocycles. The SMILES string of the molecule is c1ccc(COC[C@H]2OC(OC3CCCCC3)[C@H](OCc3ccccc3)[C@@H](OCc3ccccc3)[C@@H]2OCc2ccccc2)cc1. The molecule has 0 N–H and O–H groups in total. The second kappa shape index (κ2) is 17.5. The van der Waals surface area contributed by atoms with E-state index in [-0.39, 0.29) is 6.10 Å². The van der Waals surface area contributed by atoms with Gasteiger partial charge >= 0.3 is 0 Å². The zero-order valence-corrected chi connectivity index (χ0v) is 26.5. The largest absolute Gasteiger partial charge is 0.374 e. The Bertz CT molecular complexity index is 1380. The molecule has 0 aromatic heterocycles. The predicted molar refractivity (Wildman–Crippen MR) is 178 cm³/mol. The van der Waals surface area contributed by atoms with Gasteiger partial charge in [0, 0.05) is 0 Å². The Morgan fingerprint density at radius 3 is 1.41 bits per heavy atom. The number of hydrogen-bond acceptors (Lipinski definition) is 6. The monoisotopic (exact) mass is 622 g/mol. The third kappa shape index (κ3) is 9.58. The van der Waals surface area contributed by atoms with Crippen molar-refractivity contribution in [2.24, 2.45) is 0 Å². The van der Waals surface area contributed by atoms with Crippen molar-refractivity contribution < 1.29 is 28.4 Å². The molecule has 2 aliphatic rings. The van der Waals surface area contributed by atoms with E-state index in [0.29, 0.717) is 33.0 Å². The lowest BCUT2D eigenvalue weighted by molar-refractivity contribution is -0.337. The molecule has 5 atom stereocenters. The van der Waals surface area contributed by atoms with Crippen LogP contribution < -0.4 is 0 Å². The molecule has 6 nitrogen and oxygen atoms in total. The van der Waals surface area contributed by atoms with Crippen molar-refractivity contribution in [1.29, 1.82) is 0 Å². The van der Waals surface area contributed by atoms with Gasteiger partial charge in [-0.25, -0.2) is 0 Å². The molecule has 46 heavy (non-hydrogen) atoms. The quantitative estimate of drug-likeness (QED) is 0.134. The molecular formula is C40H46O6. The number of benzene rings is 4. The summed E-state index contributed by atoms with van der Waals surface area (Å²) < 4.78 is 40.2. The maximum absolute atomic E-state index is 6.83. The molecule has 1 aliphatic heterocycles. The highest BCUT2D eigenvalue weighted by Gasteiger charge is 2.49. The van der Waals surface area contributed by atoms with Crippen LogP contribution in [0.25, 0.3) is 0 Å². The first kappa shape index (κ1) is 32.6. The molecule has 6 rings (SSSR count). The Labute approximate surface area is 273 Å². The van der Waals surface area contributed by atoms with Gasteiger partial charge in [-0.1, -0.05) is 141 Å². The van der Waals surface area contributed by atoms with Crippen molar-refractivity contribution in [3.05, 3.63) is 144 Å². The smallest absolute Gasteiger partial charge is 0.187 e. The molecule has 1 unspecified atom stereocenters. The number of hydrogen-bond donors (Lipinski definition) is 0. The van der Waals surface area contributed by atoms with Crippen LogP contribution in [0, 0.1) is 0 Å². The third-order valence-electron chi connectivity index (χ3n) is 8.72. The Hall–Kier alpha value is -3.36. The second-order valence-corrected chi connectivity index (χ2v) is 12.2. The molecule has 4 aromatic rings. The highest BCUT2D eigenvalue weighted by atomic mass is 16.7. The number of rotatable bonds is 15. The summed E-state index contributed by atoms with van der Waals surface area (Å²) in [6.07, 6.45) is 3.20. The van der Waals surface area contributed by atoms with Gasteiger partial charge in [-0.3, -0.25) is 0 Å². The Morgan fingerprint density at radius 1 is 0.478 bits per heavy atom. The summed E-state index contributed by atoms with van der Waals surface area (Å²) in [5.41, 5.74) is 4.35. The topological polar surface area (TPSA) is 55.4 Å². The van der Waals surface area contributed by atoms with E-state index in [0.717, 1.165) is 47.9 Å². The standard InChI is InChI=1S/C40H46O6/c1-6-16-31(17-7-1)26-41-30-36-37(42-27-32-18-8-2-9-19-32)38(43-28-33-20-10-3-11-21-33)39(44-29-34-22-12-4-13-23-34)40(46-36)45-35-24-14-5-15-25-35/h1-4,6-13,16-23,35-40H,5,14-15,24-30H2/t36-,37-,38+,39-,40?/m1/s1. The summed E-state index contributed by atoms with van der Waals surface area (Å²) in [5.74, 6) is 0. The summed E-state index contributed by atoms with van der Waals surface area (Å²) in [7, 11) is 0. The zero-order chi connectivity index (χ0) is 31.2. The molecular weight excluding hydrogens is 576 g/mol. The van der Waals surface area contributed by atoms with Crippen LogP contribution in [0.15, 0.2) is 121 Å². The van der Waals surface area contributed by atoms with E-state index in [1.54, 1.807) is 0 Å². The first-order valence-electron chi connectivity index (χ1n) is 16.7. The molecule has 1 saturated heterocycles. The highest BCUT2D eigenvalue weighted by molar-refractivity contribution is 5.16. The fraction of sp³-hybridized carbons (Fsp3) is 0.400. The second-order valence-electron chi connectivity index (χ2n) is 12.2. The first-order valence-corrected chi connectivity index (χ1v) is 16.7. The summed E-state index contributed by atoms with van der Waals surface area (Å²) in [4.78, 5) is 0. The van der Waals surface area contributed by atoms with E-state index in [1.165, 1.54) is 6.42 Å². The molecule has 0 amide bonds. The van der Waals surface area contributed by atoms with Gasteiger partial charge in [-0.2, -0.15) is 0 Å². The first-order chi connectivity index (χ1) is 22.8. The average Bonchev–Trinajstić information content (AvgIpc) is 3.12. The van der Waals surface area contributed by atoms with Gasteiger partial charge < -0.3 is 28.4 Å². The van der Waals surface area contributed by atoms with Crippen molar-refractivity contribution in [3.63, 3.8) is 0 Å². The van der Waals surface area contributed by atoms with Gasteiger partial charge in [0.25, 0.3) is 0 Å². The minimum atomic E-state index is -0.630. The van der Waals surface area contributed by atoms with Gasteiger partial charge in [0.2, 0.25) is 0 Å². The summed E-state index contributed by atoms with van der Waals surface area (Å²) in [6.45, 7) is 2.04. The molecule has 0 radical (unpaired) electrons.